The fourth-order valence-corrected chi connectivity index (χ4v) is 3.86. The summed E-state index contributed by atoms with van der Waals surface area (Å²) >= 11 is 0. The van der Waals surface area contributed by atoms with Crippen LogP contribution in [-0.2, 0) is 18.9 Å². The number of ether oxygens (including phenoxy) is 7. The molecule has 10 atom stereocenters. The first kappa shape index (κ1) is 25.9. The Morgan fingerprint density at radius 2 is 1.52 bits per heavy atom. The second kappa shape index (κ2) is 11.1. The van der Waals surface area contributed by atoms with Gasteiger partial charge in [0.25, 0.3) is 0 Å². The van der Waals surface area contributed by atoms with E-state index < -0.39 is 68.0 Å². The molecule has 0 aromatic heterocycles. The molecule has 0 saturated carbocycles. The lowest BCUT2D eigenvalue weighted by Gasteiger charge is -2.46. The van der Waals surface area contributed by atoms with Crippen molar-refractivity contribution in [3.8, 4) is 17.2 Å². The topological polar surface area (TPSA) is 166 Å². The van der Waals surface area contributed by atoms with Gasteiger partial charge in [-0.2, -0.15) is 0 Å². The molecule has 0 radical (unpaired) electrons. The Hall–Kier alpha value is -1.74. The highest BCUT2D eigenvalue weighted by Gasteiger charge is 2.51. The van der Waals surface area contributed by atoms with Crippen molar-refractivity contribution in [2.75, 3.05) is 27.9 Å². The lowest BCUT2D eigenvalue weighted by molar-refractivity contribution is -0.355. The van der Waals surface area contributed by atoms with Crippen molar-refractivity contribution in [2.24, 2.45) is 0 Å². The van der Waals surface area contributed by atoms with Crippen LogP contribution in [0.1, 0.15) is 6.92 Å². The molecule has 0 bridgehead atoms. The summed E-state index contributed by atoms with van der Waals surface area (Å²) in [5, 5.41) is 51.4. The summed E-state index contributed by atoms with van der Waals surface area (Å²) in [6.07, 6.45) is -12.5. The van der Waals surface area contributed by atoms with Gasteiger partial charge < -0.3 is 58.7 Å². The van der Waals surface area contributed by atoms with Crippen LogP contribution in [0, 0.1) is 0 Å². The van der Waals surface area contributed by atoms with E-state index in [2.05, 4.69) is 0 Å². The van der Waals surface area contributed by atoms with Crippen LogP contribution in [-0.4, -0.2) is 115 Å². The van der Waals surface area contributed by atoms with Crippen LogP contribution in [0.25, 0.3) is 0 Å². The van der Waals surface area contributed by atoms with Crippen molar-refractivity contribution in [2.45, 2.75) is 68.3 Å². The number of aliphatic hydroxyl groups excluding tert-OH is 5. The minimum Gasteiger partial charge on any atom is -0.493 e. The molecule has 12 nitrogen and oxygen atoms in total. The summed E-state index contributed by atoms with van der Waals surface area (Å²) in [6.45, 7) is 0.981. The van der Waals surface area contributed by atoms with Crippen LogP contribution < -0.4 is 14.2 Å². The average Bonchev–Trinajstić information content (AvgIpc) is 2.82. The summed E-state index contributed by atoms with van der Waals surface area (Å²) in [7, 11) is 4.26. The number of aliphatic hydroxyl groups is 5. The second-order valence-electron chi connectivity index (χ2n) is 7.83. The van der Waals surface area contributed by atoms with Crippen molar-refractivity contribution < 1.29 is 58.7 Å². The maximum atomic E-state index is 10.7. The van der Waals surface area contributed by atoms with Crippen LogP contribution in [0.4, 0.5) is 0 Å². The zero-order valence-electron chi connectivity index (χ0n) is 18.8. The zero-order chi connectivity index (χ0) is 24.3. The van der Waals surface area contributed by atoms with Gasteiger partial charge in [0.1, 0.15) is 42.4 Å². The molecule has 2 aliphatic rings. The smallest absolute Gasteiger partial charge is 0.229 e. The summed E-state index contributed by atoms with van der Waals surface area (Å²) in [4.78, 5) is 0. The third-order valence-corrected chi connectivity index (χ3v) is 5.78. The van der Waals surface area contributed by atoms with Crippen molar-refractivity contribution in [3.63, 3.8) is 0 Å². The molecule has 2 fully saturated rings. The third kappa shape index (κ3) is 5.34. The van der Waals surface area contributed by atoms with Crippen LogP contribution >= 0.6 is 0 Å². The summed E-state index contributed by atoms with van der Waals surface area (Å²) in [6, 6.07) is 4.69. The molecule has 1 aromatic carbocycles. The van der Waals surface area contributed by atoms with Crippen LogP contribution in [0.5, 0.6) is 17.2 Å². The molecule has 12 heteroatoms. The third-order valence-electron chi connectivity index (χ3n) is 5.78. The number of rotatable bonds is 8. The Morgan fingerprint density at radius 1 is 0.818 bits per heavy atom. The van der Waals surface area contributed by atoms with E-state index in [1.807, 2.05) is 0 Å². The Morgan fingerprint density at radius 3 is 2.12 bits per heavy atom. The van der Waals surface area contributed by atoms with Gasteiger partial charge >= 0.3 is 0 Å². The van der Waals surface area contributed by atoms with Gasteiger partial charge in [0.15, 0.2) is 23.9 Å². The Labute approximate surface area is 191 Å². The van der Waals surface area contributed by atoms with Crippen molar-refractivity contribution in [1.29, 1.82) is 0 Å². The van der Waals surface area contributed by atoms with Gasteiger partial charge in [-0.1, -0.05) is 0 Å². The number of methoxy groups -OCH3 is 3. The van der Waals surface area contributed by atoms with Crippen LogP contribution in [0.3, 0.4) is 0 Å². The van der Waals surface area contributed by atoms with Crippen molar-refractivity contribution in [1.82, 2.24) is 0 Å². The lowest BCUT2D eigenvalue weighted by atomic mass is 9.97. The molecule has 188 valence electrons. The normalized spacial score (nSPS) is 39.2. The monoisotopic (exact) mass is 476 g/mol. The van der Waals surface area contributed by atoms with Crippen LogP contribution in [0.15, 0.2) is 18.2 Å². The van der Waals surface area contributed by atoms with Gasteiger partial charge in [-0.05, 0) is 19.1 Å². The maximum absolute atomic E-state index is 10.7. The maximum Gasteiger partial charge on any atom is 0.229 e. The summed E-state index contributed by atoms with van der Waals surface area (Å²) < 4.78 is 38.5. The first-order valence-electron chi connectivity index (χ1n) is 10.5. The SMILES string of the molecule is COc1ccc(OC2OC(CO)C(O)C(O)C2OC2OC(C)C(O)C(OC)C2O)cc1OC. The highest BCUT2D eigenvalue weighted by atomic mass is 16.8. The van der Waals surface area contributed by atoms with E-state index in [1.54, 1.807) is 19.1 Å². The van der Waals surface area contributed by atoms with Crippen molar-refractivity contribution >= 4 is 0 Å². The molecular formula is C21H32O12. The molecule has 2 heterocycles. The minimum atomic E-state index is -1.57. The Bertz CT molecular complexity index is 763. The van der Waals surface area contributed by atoms with E-state index in [9.17, 15) is 25.5 Å². The fraction of sp³-hybridized carbons (Fsp3) is 0.714. The van der Waals surface area contributed by atoms with E-state index in [0.29, 0.717) is 11.5 Å². The van der Waals surface area contributed by atoms with E-state index in [-0.39, 0.29) is 5.75 Å². The van der Waals surface area contributed by atoms with Gasteiger partial charge in [-0.25, -0.2) is 0 Å². The molecule has 2 aliphatic heterocycles. The summed E-state index contributed by atoms with van der Waals surface area (Å²) in [5.74, 6) is 1.09. The lowest BCUT2D eigenvalue weighted by Crippen LogP contribution is -2.64. The van der Waals surface area contributed by atoms with E-state index in [0.717, 1.165) is 0 Å². The van der Waals surface area contributed by atoms with Crippen molar-refractivity contribution in [3.05, 3.63) is 18.2 Å². The molecule has 5 N–H and O–H groups in total. The highest BCUT2D eigenvalue weighted by Crippen LogP contribution is 2.34. The first-order valence-corrected chi connectivity index (χ1v) is 10.5. The van der Waals surface area contributed by atoms with Gasteiger partial charge in [0.2, 0.25) is 6.29 Å². The first-order chi connectivity index (χ1) is 15.7. The zero-order valence-corrected chi connectivity index (χ0v) is 18.8. The molecule has 2 saturated heterocycles. The molecule has 3 rings (SSSR count). The predicted molar refractivity (Wildman–Crippen MR) is 110 cm³/mol. The van der Waals surface area contributed by atoms with E-state index in [4.69, 9.17) is 33.2 Å². The minimum absolute atomic E-state index is 0.259. The summed E-state index contributed by atoms with van der Waals surface area (Å²) in [5.41, 5.74) is 0. The molecule has 33 heavy (non-hydrogen) atoms. The number of hydrogen-bond donors (Lipinski definition) is 5. The Kier molecular flexibility index (Phi) is 8.72. The van der Waals surface area contributed by atoms with Gasteiger partial charge in [-0.3, -0.25) is 0 Å². The van der Waals surface area contributed by atoms with Gasteiger partial charge in [0.05, 0.1) is 26.9 Å². The molecule has 0 amide bonds. The van der Waals surface area contributed by atoms with Gasteiger partial charge in [-0.15, -0.1) is 0 Å². The van der Waals surface area contributed by atoms with Crippen LogP contribution in [0.2, 0.25) is 0 Å². The molecule has 0 aliphatic carbocycles. The highest BCUT2D eigenvalue weighted by molar-refractivity contribution is 5.45. The molecule has 1 aromatic rings. The molecule has 10 unspecified atom stereocenters. The van der Waals surface area contributed by atoms with E-state index >= 15 is 0 Å². The van der Waals surface area contributed by atoms with E-state index in [1.165, 1.54) is 27.4 Å². The molecule has 0 spiro atoms. The fourth-order valence-electron chi connectivity index (χ4n) is 3.86. The number of hydrogen-bond acceptors (Lipinski definition) is 12. The molecular weight excluding hydrogens is 444 g/mol. The number of benzene rings is 1. The quantitative estimate of drug-likeness (QED) is 0.292. The standard InChI is InChI=1S/C21H32O12/c1-9-14(23)18(29-4)17(26)20(30-9)33-19-16(25)15(24)13(8-22)32-21(19)31-10-5-6-11(27-2)12(7-10)28-3/h5-7,9,13-26H,8H2,1-4H3. The average molecular weight is 476 g/mol. The van der Waals surface area contributed by atoms with Gasteiger partial charge in [0, 0.05) is 13.2 Å². The largest absolute Gasteiger partial charge is 0.493 e. The Balaban J connectivity index is 1.85. The predicted octanol–water partition coefficient (Wildman–Crippen LogP) is -1.61. The second-order valence-corrected chi connectivity index (χ2v) is 7.83.